The van der Waals surface area contributed by atoms with Crippen LogP contribution in [-0.2, 0) is 0 Å². The number of carbonyl (C=O) groups excluding carboxylic acids is 1. The number of carbonyl (C=O) groups is 1. The van der Waals surface area contributed by atoms with E-state index in [1.165, 1.54) is 5.56 Å². The Morgan fingerprint density at radius 3 is 2.70 bits per heavy atom. The highest BCUT2D eigenvalue weighted by Gasteiger charge is 2.29. The lowest BCUT2D eigenvalue weighted by molar-refractivity contribution is 0.0790. The van der Waals surface area contributed by atoms with Crippen molar-refractivity contribution in [2.24, 2.45) is 0 Å². The summed E-state index contributed by atoms with van der Waals surface area (Å²) in [6, 6.07) is 17.8. The van der Waals surface area contributed by atoms with Gasteiger partial charge in [0.1, 0.15) is 0 Å². The van der Waals surface area contributed by atoms with Gasteiger partial charge in [0.25, 0.3) is 5.91 Å². The van der Waals surface area contributed by atoms with Crippen molar-refractivity contribution in [2.45, 2.75) is 12.3 Å². The summed E-state index contributed by atoms with van der Waals surface area (Å²) in [6.07, 6.45) is 4.92. The molecule has 0 saturated carbocycles. The predicted octanol–water partition coefficient (Wildman–Crippen LogP) is 3.84. The van der Waals surface area contributed by atoms with E-state index in [9.17, 15) is 4.79 Å². The lowest BCUT2D eigenvalue weighted by Crippen LogP contribution is -2.28. The number of nitrogens with zero attached hydrogens (tertiary/aromatic N) is 2. The lowest BCUT2D eigenvalue weighted by atomic mass is 9.98. The van der Waals surface area contributed by atoms with E-state index in [0.717, 1.165) is 42.3 Å². The summed E-state index contributed by atoms with van der Waals surface area (Å²) in [5.41, 5.74) is 2.93. The van der Waals surface area contributed by atoms with Crippen molar-refractivity contribution >= 4 is 5.91 Å². The second kappa shape index (κ2) is 6.50. The van der Waals surface area contributed by atoms with Gasteiger partial charge in [0.05, 0.1) is 0 Å². The van der Waals surface area contributed by atoms with Gasteiger partial charge in [-0.05, 0) is 54.4 Å². The van der Waals surface area contributed by atoms with Gasteiger partial charge in [0.2, 0.25) is 6.79 Å². The summed E-state index contributed by atoms with van der Waals surface area (Å²) >= 11 is 0. The molecule has 136 valence electrons. The first-order chi connectivity index (χ1) is 13.3. The van der Waals surface area contributed by atoms with E-state index >= 15 is 0 Å². The first kappa shape index (κ1) is 16.0. The van der Waals surface area contributed by atoms with Crippen molar-refractivity contribution in [3.8, 4) is 17.2 Å². The number of amides is 1. The Hall–Kier alpha value is -3.21. The number of likely N-dealkylation sites (tertiary alicyclic amines) is 1. The Morgan fingerprint density at radius 1 is 0.963 bits per heavy atom. The molecule has 0 N–H and O–H groups in total. The topological polar surface area (TPSA) is 43.7 Å². The summed E-state index contributed by atoms with van der Waals surface area (Å²) in [4.78, 5) is 15.0. The van der Waals surface area contributed by atoms with Gasteiger partial charge in [-0.25, -0.2) is 0 Å². The van der Waals surface area contributed by atoms with Gasteiger partial charge < -0.3 is 18.9 Å². The van der Waals surface area contributed by atoms with Gasteiger partial charge in [-0.2, -0.15) is 0 Å². The zero-order valence-electron chi connectivity index (χ0n) is 14.9. The monoisotopic (exact) mass is 360 g/mol. The fourth-order valence-corrected chi connectivity index (χ4v) is 3.87. The quantitative estimate of drug-likeness (QED) is 0.713. The number of aromatic nitrogens is 1. The van der Waals surface area contributed by atoms with Crippen LogP contribution in [0.2, 0.25) is 0 Å². The highest BCUT2D eigenvalue weighted by Crippen LogP contribution is 2.37. The second-order valence-corrected chi connectivity index (χ2v) is 6.99. The average molecular weight is 360 g/mol. The second-order valence-electron chi connectivity index (χ2n) is 6.99. The highest BCUT2D eigenvalue weighted by atomic mass is 16.7. The minimum absolute atomic E-state index is 0.0900. The molecule has 0 aliphatic carbocycles. The molecule has 2 aliphatic heterocycles. The first-order valence-corrected chi connectivity index (χ1v) is 9.20. The third-order valence-electron chi connectivity index (χ3n) is 5.34. The minimum atomic E-state index is 0.0900. The summed E-state index contributed by atoms with van der Waals surface area (Å²) in [5.74, 6) is 2.02. The zero-order chi connectivity index (χ0) is 18.2. The SMILES string of the molecule is O=C(c1cccc(-n2cccc2)c1)N1CCC(c2ccc3c(c2)OCO3)C1. The van der Waals surface area contributed by atoms with Gasteiger partial charge in [-0.1, -0.05) is 12.1 Å². The predicted molar refractivity (Wildman–Crippen MR) is 102 cm³/mol. The molecule has 5 rings (SSSR count). The van der Waals surface area contributed by atoms with Crippen LogP contribution in [0, 0.1) is 0 Å². The molecular weight excluding hydrogens is 340 g/mol. The molecule has 5 nitrogen and oxygen atoms in total. The fraction of sp³-hybridized carbons (Fsp3) is 0.227. The van der Waals surface area contributed by atoms with Crippen LogP contribution in [0.25, 0.3) is 5.69 Å². The van der Waals surface area contributed by atoms with Gasteiger partial charge in [0.15, 0.2) is 11.5 Å². The molecule has 5 heteroatoms. The van der Waals surface area contributed by atoms with Crippen LogP contribution < -0.4 is 9.47 Å². The van der Waals surface area contributed by atoms with E-state index in [0.29, 0.717) is 5.92 Å². The Labute approximate surface area is 157 Å². The summed E-state index contributed by atoms with van der Waals surface area (Å²) in [6.45, 7) is 1.78. The molecular formula is C22H20N2O3. The Kier molecular flexibility index (Phi) is 3.85. The van der Waals surface area contributed by atoms with Crippen LogP contribution in [-0.4, -0.2) is 35.3 Å². The molecule has 1 atom stereocenters. The maximum atomic E-state index is 13.0. The van der Waals surface area contributed by atoms with Crippen LogP contribution in [0.5, 0.6) is 11.5 Å². The van der Waals surface area contributed by atoms with Crippen molar-refractivity contribution in [3.63, 3.8) is 0 Å². The first-order valence-electron chi connectivity index (χ1n) is 9.20. The number of ether oxygens (including phenoxy) is 2. The number of fused-ring (bicyclic) bond motifs is 1. The maximum absolute atomic E-state index is 13.0. The Morgan fingerprint density at radius 2 is 1.81 bits per heavy atom. The molecule has 1 amide bonds. The Bertz CT molecular complexity index is 981. The molecule has 1 unspecified atom stereocenters. The van der Waals surface area contributed by atoms with Crippen LogP contribution >= 0.6 is 0 Å². The lowest BCUT2D eigenvalue weighted by Gasteiger charge is -2.17. The highest BCUT2D eigenvalue weighted by molar-refractivity contribution is 5.95. The van der Waals surface area contributed by atoms with Crippen LogP contribution in [0.15, 0.2) is 67.0 Å². The van der Waals surface area contributed by atoms with E-state index in [1.807, 2.05) is 70.4 Å². The molecule has 0 radical (unpaired) electrons. The van der Waals surface area contributed by atoms with Crippen molar-refractivity contribution in [1.29, 1.82) is 0 Å². The number of hydrogen-bond donors (Lipinski definition) is 0. The van der Waals surface area contributed by atoms with E-state index in [1.54, 1.807) is 0 Å². The Balaban J connectivity index is 1.33. The van der Waals surface area contributed by atoms with Gasteiger partial charge in [-0.3, -0.25) is 4.79 Å². The smallest absolute Gasteiger partial charge is 0.253 e. The third kappa shape index (κ3) is 2.95. The molecule has 27 heavy (non-hydrogen) atoms. The van der Waals surface area contributed by atoms with Crippen molar-refractivity contribution in [1.82, 2.24) is 9.47 Å². The molecule has 1 fully saturated rings. The normalized spacial score (nSPS) is 18.1. The third-order valence-corrected chi connectivity index (χ3v) is 5.34. The summed E-state index contributed by atoms with van der Waals surface area (Å²) in [5, 5.41) is 0. The van der Waals surface area contributed by atoms with Crippen molar-refractivity contribution < 1.29 is 14.3 Å². The molecule has 3 aromatic rings. The van der Waals surface area contributed by atoms with Gasteiger partial charge in [-0.15, -0.1) is 0 Å². The van der Waals surface area contributed by atoms with Gasteiger partial charge in [0, 0.05) is 42.7 Å². The molecule has 1 aromatic heterocycles. The van der Waals surface area contributed by atoms with Crippen LogP contribution in [0.4, 0.5) is 0 Å². The van der Waals surface area contributed by atoms with E-state index < -0.39 is 0 Å². The van der Waals surface area contributed by atoms with Gasteiger partial charge >= 0.3 is 0 Å². The standard InChI is InChI=1S/C22H20N2O3/c25-22(17-4-3-5-19(12-17)23-9-1-2-10-23)24-11-8-18(14-24)16-6-7-20-21(13-16)27-15-26-20/h1-7,9-10,12-13,18H,8,11,14-15H2. The molecule has 0 spiro atoms. The summed E-state index contributed by atoms with van der Waals surface area (Å²) in [7, 11) is 0. The molecule has 1 saturated heterocycles. The van der Waals surface area contributed by atoms with Crippen LogP contribution in [0.1, 0.15) is 28.3 Å². The molecule has 0 bridgehead atoms. The van der Waals surface area contributed by atoms with E-state index in [-0.39, 0.29) is 12.7 Å². The van der Waals surface area contributed by atoms with E-state index in [2.05, 4.69) is 6.07 Å². The average Bonchev–Trinajstić information content (AvgIpc) is 3.48. The molecule has 3 heterocycles. The number of hydrogen-bond acceptors (Lipinski definition) is 3. The minimum Gasteiger partial charge on any atom is -0.454 e. The van der Waals surface area contributed by atoms with E-state index in [4.69, 9.17) is 9.47 Å². The van der Waals surface area contributed by atoms with Crippen LogP contribution in [0.3, 0.4) is 0 Å². The molecule has 2 aliphatic rings. The molecule has 2 aromatic carbocycles. The van der Waals surface area contributed by atoms with Crippen molar-refractivity contribution in [2.75, 3.05) is 19.9 Å². The zero-order valence-corrected chi connectivity index (χ0v) is 14.9. The summed E-state index contributed by atoms with van der Waals surface area (Å²) < 4.78 is 12.9. The number of rotatable bonds is 3. The number of benzene rings is 2. The maximum Gasteiger partial charge on any atom is 0.253 e. The largest absolute Gasteiger partial charge is 0.454 e. The fourth-order valence-electron chi connectivity index (χ4n) is 3.87. The van der Waals surface area contributed by atoms with Crippen molar-refractivity contribution in [3.05, 3.63) is 78.1 Å².